The van der Waals surface area contributed by atoms with Gasteiger partial charge in [-0.1, -0.05) is 152 Å². The van der Waals surface area contributed by atoms with E-state index in [0.717, 1.165) is 27.5 Å². The van der Waals surface area contributed by atoms with E-state index in [0.29, 0.717) is 17.6 Å². The Morgan fingerprint density at radius 2 is 0.830 bits per heavy atom. The van der Waals surface area contributed by atoms with Gasteiger partial charge in [-0.25, -0.2) is 4.98 Å². The summed E-state index contributed by atoms with van der Waals surface area (Å²) in [6.07, 6.45) is 0. The fraction of sp³-hybridized carbons (Fsp3) is 0. The molecule has 7 aromatic carbocycles. The van der Waals surface area contributed by atoms with Crippen LogP contribution >= 0.6 is 0 Å². The van der Waals surface area contributed by atoms with Crippen molar-refractivity contribution < 1.29 is 0 Å². The number of nitrogens with zero attached hydrogens (tertiary/aromatic N) is 4. The Morgan fingerprint density at radius 1 is 0.340 bits per heavy atom. The van der Waals surface area contributed by atoms with Gasteiger partial charge in [0.05, 0.1) is 11.0 Å². The predicted octanol–water partition coefficient (Wildman–Crippen LogP) is 10.8. The number of para-hydroxylation sites is 1. The smallest absolute Gasteiger partial charge is 0.238 e. The van der Waals surface area contributed by atoms with Gasteiger partial charge in [-0.05, 0) is 51.2 Å². The van der Waals surface area contributed by atoms with Crippen molar-refractivity contribution in [3.05, 3.63) is 170 Å². The number of benzene rings is 7. The van der Waals surface area contributed by atoms with Crippen molar-refractivity contribution in [2.24, 2.45) is 0 Å². The van der Waals surface area contributed by atoms with Crippen molar-refractivity contribution in [1.29, 1.82) is 0 Å². The van der Waals surface area contributed by atoms with Crippen molar-refractivity contribution in [3.8, 4) is 51.0 Å². The first-order valence-corrected chi connectivity index (χ1v) is 15.8. The van der Waals surface area contributed by atoms with Crippen molar-refractivity contribution in [2.75, 3.05) is 0 Å². The molecule has 0 atom stereocenters. The van der Waals surface area contributed by atoms with Gasteiger partial charge in [-0.3, -0.25) is 4.57 Å². The Bertz CT molecular complexity index is 2480. The summed E-state index contributed by atoms with van der Waals surface area (Å²) in [5, 5.41) is 4.73. The summed E-state index contributed by atoms with van der Waals surface area (Å²) in [5.74, 6) is 1.88. The van der Waals surface area contributed by atoms with E-state index >= 15 is 0 Å². The maximum atomic E-state index is 5.09. The minimum absolute atomic E-state index is 0.593. The Balaban J connectivity index is 1.26. The third kappa shape index (κ3) is 4.75. The lowest BCUT2D eigenvalue weighted by atomic mass is 9.96. The van der Waals surface area contributed by atoms with Gasteiger partial charge in [0.25, 0.3) is 0 Å². The molecule has 0 radical (unpaired) electrons. The Labute approximate surface area is 272 Å². The van der Waals surface area contributed by atoms with E-state index in [1.54, 1.807) is 0 Å². The van der Waals surface area contributed by atoms with Gasteiger partial charge >= 0.3 is 0 Å². The van der Waals surface area contributed by atoms with Crippen LogP contribution < -0.4 is 0 Å². The highest BCUT2D eigenvalue weighted by Crippen LogP contribution is 2.38. The molecular weight excluding hydrogens is 573 g/mol. The molecule has 4 nitrogen and oxygen atoms in total. The fourth-order valence-corrected chi connectivity index (χ4v) is 6.57. The molecule has 0 N–H and O–H groups in total. The molecule has 0 saturated carbocycles. The third-order valence-electron chi connectivity index (χ3n) is 8.87. The van der Waals surface area contributed by atoms with Crippen LogP contribution in [0, 0.1) is 0 Å². The predicted molar refractivity (Wildman–Crippen MR) is 193 cm³/mol. The van der Waals surface area contributed by atoms with Gasteiger partial charge in [-0.2, -0.15) is 9.97 Å². The summed E-state index contributed by atoms with van der Waals surface area (Å²) in [6, 6.07) is 59.3. The Kier molecular flexibility index (Phi) is 6.43. The second-order valence-corrected chi connectivity index (χ2v) is 11.7. The highest BCUT2D eigenvalue weighted by Gasteiger charge is 2.19. The second-order valence-electron chi connectivity index (χ2n) is 11.7. The molecule has 0 aliphatic carbocycles. The van der Waals surface area contributed by atoms with Crippen molar-refractivity contribution in [1.82, 2.24) is 19.5 Å². The SMILES string of the molecule is c1ccc(-c2ccc(-c3ccc4ccc5c(c4c3)c3ccccc3n5-c3nc(-c4ccccc4)nc(-c4ccccc4)n3)cc2)cc1. The number of hydrogen-bond donors (Lipinski definition) is 0. The van der Waals surface area contributed by atoms with Crippen LogP contribution in [-0.2, 0) is 0 Å². The molecule has 0 fully saturated rings. The molecule has 0 unspecified atom stereocenters. The third-order valence-corrected chi connectivity index (χ3v) is 8.87. The van der Waals surface area contributed by atoms with Crippen molar-refractivity contribution in [2.45, 2.75) is 0 Å². The lowest BCUT2D eigenvalue weighted by Crippen LogP contribution is -2.06. The Hall–Kier alpha value is -6.39. The van der Waals surface area contributed by atoms with E-state index in [2.05, 4.69) is 114 Å². The Morgan fingerprint density at radius 3 is 1.47 bits per heavy atom. The summed E-state index contributed by atoms with van der Waals surface area (Å²) in [7, 11) is 0. The molecule has 4 heteroatoms. The summed E-state index contributed by atoms with van der Waals surface area (Å²) in [5.41, 5.74) is 8.80. The summed E-state index contributed by atoms with van der Waals surface area (Å²) < 4.78 is 2.19. The molecule has 0 aliphatic heterocycles. The van der Waals surface area contributed by atoms with Crippen molar-refractivity contribution in [3.63, 3.8) is 0 Å². The number of aromatic nitrogens is 4. The molecule has 2 heterocycles. The standard InChI is InChI=1S/C43H28N4/c1-4-12-29(13-5-1)30-20-22-31(23-21-30)35-25-24-32-26-27-39-40(37(32)28-35)36-18-10-11-19-38(36)47(39)43-45-41(33-14-6-2-7-15-33)44-42(46-43)34-16-8-3-9-17-34/h1-28H. The molecule has 0 aliphatic rings. The van der Waals surface area contributed by atoms with Crippen LogP contribution in [0.4, 0.5) is 0 Å². The largest absolute Gasteiger partial charge is 0.278 e. The van der Waals surface area contributed by atoms with Crippen molar-refractivity contribution >= 4 is 32.6 Å². The van der Waals surface area contributed by atoms with Crippen LogP contribution in [-0.4, -0.2) is 19.5 Å². The van der Waals surface area contributed by atoms with Crippen LogP contribution in [0.1, 0.15) is 0 Å². The van der Waals surface area contributed by atoms with E-state index in [4.69, 9.17) is 15.0 Å². The molecule has 0 amide bonds. The zero-order valence-corrected chi connectivity index (χ0v) is 25.5. The van der Waals surface area contributed by atoms with E-state index in [1.165, 1.54) is 38.4 Å². The summed E-state index contributed by atoms with van der Waals surface area (Å²) in [4.78, 5) is 15.1. The first-order valence-electron chi connectivity index (χ1n) is 15.8. The average Bonchev–Trinajstić information content (AvgIpc) is 3.50. The molecule has 9 rings (SSSR count). The van der Waals surface area contributed by atoms with Gasteiger partial charge in [0.1, 0.15) is 0 Å². The first-order chi connectivity index (χ1) is 23.3. The van der Waals surface area contributed by atoms with Crippen LogP contribution in [0.2, 0.25) is 0 Å². The minimum Gasteiger partial charge on any atom is -0.278 e. The van der Waals surface area contributed by atoms with Crippen LogP contribution in [0.25, 0.3) is 83.6 Å². The van der Waals surface area contributed by atoms with Crippen LogP contribution in [0.3, 0.4) is 0 Å². The van der Waals surface area contributed by atoms with Gasteiger partial charge in [0.2, 0.25) is 5.95 Å². The van der Waals surface area contributed by atoms with Gasteiger partial charge in [0, 0.05) is 21.9 Å². The lowest BCUT2D eigenvalue weighted by molar-refractivity contribution is 0.953. The molecule has 0 spiro atoms. The minimum atomic E-state index is 0.593. The fourth-order valence-electron chi connectivity index (χ4n) is 6.57. The van der Waals surface area contributed by atoms with Gasteiger partial charge in [-0.15, -0.1) is 0 Å². The van der Waals surface area contributed by atoms with E-state index < -0.39 is 0 Å². The number of hydrogen-bond acceptors (Lipinski definition) is 3. The lowest BCUT2D eigenvalue weighted by Gasteiger charge is -2.11. The number of fused-ring (bicyclic) bond motifs is 5. The molecule has 47 heavy (non-hydrogen) atoms. The van der Waals surface area contributed by atoms with Crippen LogP contribution in [0.5, 0.6) is 0 Å². The number of rotatable bonds is 5. The molecule has 220 valence electrons. The maximum absolute atomic E-state index is 5.09. The molecule has 2 aromatic heterocycles. The quantitative estimate of drug-likeness (QED) is 0.197. The second kappa shape index (κ2) is 11.2. The normalized spacial score (nSPS) is 11.4. The molecular formula is C43H28N4. The van der Waals surface area contributed by atoms with Crippen LogP contribution in [0.15, 0.2) is 170 Å². The first kappa shape index (κ1) is 27.0. The summed E-state index contributed by atoms with van der Waals surface area (Å²) in [6.45, 7) is 0. The highest BCUT2D eigenvalue weighted by atomic mass is 15.2. The average molecular weight is 601 g/mol. The monoisotopic (exact) mass is 600 g/mol. The molecule has 0 bridgehead atoms. The molecule has 9 aromatic rings. The van der Waals surface area contributed by atoms with E-state index in [9.17, 15) is 0 Å². The van der Waals surface area contributed by atoms with E-state index in [-0.39, 0.29) is 0 Å². The summed E-state index contributed by atoms with van der Waals surface area (Å²) >= 11 is 0. The zero-order chi connectivity index (χ0) is 31.2. The highest BCUT2D eigenvalue weighted by molar-refractivity contribution is 6.21. The maximum Gasteiger partial charge on any atom is 0.238 e. The zero-order valence-electron chi connectivity index (χ0n) is 25.5. The van der Waals surface area contributed by atoms with Gasteiger partial charge < -0.3 is 0 Å². The molecule has 0 saturated heterocycles. The topological polar surface area (TPSA) is 43.6 Å². The van der Waals surface area contributed by atoms with Gasteiger partial charge in [0.15, 0.2) is 11.6 Å². The van der Waals surface area contributed by atoms with E-state index in [1.807, 2.05) is 60.7 Å².